The lowest BCUT2D eigenvalue weighted by molar-refractivity contribution is 0.128. The molecule has 0 bridgehead atoms. The Balaban J connectivity index is 1.83. The maximum atomic E-state index is 5.16. The van der Waals surface area contributed by atoms with Gasteiger partial charge in [0, 0.05) is 58.8 Å². The minimum Gasteiger partial charge on any atom is -0.383 e. The van der Waals surface area contributed by atoms with Crippen LogP contribution in [0.4, 0.5) is 5.13 Å². The summed E-state index contributed by atoms with van der Waals surface area (Å²) in [5, 5.41) is 10.0. The maximum Gasteiger partial charge on any atom is 0.191 e. The third-order valence-electron chi connectivity index (χ3n) is 4.21. The highest BCUT2D eigenvalue weighted by atomic mass is 32.1. The molecule has 1 fully saturated rings. The van der Waals surface area contributed by atoms with Gasteiger partial charge >= 0.3 is 0 Å². The van der Waals surface area contributed by atoms with E-state index in [0.29, 0.717) is 12.6 Å². The third kappa shape index (κ3) is 6.80. The van der Waals surface area contributed by atoms with E-state index in [4.69, 9.17) is 9.73 Å². The monoisotopic (exact) mass is 368 g/mol. The third-order valence-corrected chi connectivity index (χ3v) is 5.26. The quantitative estimate of drug-likeness (QED) is 0.534. The first-order chi connectivity index (χ1) is 12.1. The van der Waals surface area contributed by atoms with Crippen molar-refractivity contribution in [1.82, 2.24) is 20.5 Å². The molecule has 2 N–H and O–H groups in total. The molecule has 0 aromatic carbocycles. The van der Waals surface area contributed by atoms with Gasteiger partial charge in [-0.15, -0.1) is 11.3 Å². The van der Waals surface area contributed by atoms with Gasteiger partial charge in [-0.2, -0.15) is 0 Å². The van der Waals surface area contributed by atoms with E-state index in [0.717, 1.165) is 62.4 Å². The molecular formula is C17H32N6OS. The van der Waals surface area contributed by atoms with Crippen LogP contribution in [0, 0.1) is 0 Å². The summed E-state index contributed by atoms with van der Waals surface area (Å²) in [5.41, 5.74) is 1.01. The molecule has 1 aromatic rings. The Morgan fingerprint density at radius 3 is 2.80 bits per heavy atom. The molecular weight excluding hydrogens is 336 g/mol. The molecule has 0 unspecified atom stereocenters. The second-order valence-electron chi connectivity index (χ2n) is 6.46. The molecule has 1 saturated heterocycles. The predicted molar refractivity (Wildman–Crippen MR) is 106 cm³/mol. The van der Waals surface area contributed by atoms with Crippen molar-refractivity contribution in [3.63, 3.8) is 0 Å². The molecule has 0 spiro atoms. The molecule has 7 nitrogen and oxygen atoms in total. The number of hydrogen-bond acceptors (Lipinski definition) is 6. The van der Waals surface area contributed by atoms with Gasteiger partial charge in [-0.1, -0.05) is 0 Å². The van der Waals surface area contributed by atoms with E-state index in [-0.39, 0.29) is 0 Å². The number of nitrogens with one attached hydrogen (secondary N) is 2. The van der Waals surface area contributed by atoms with Gasteiger partial charge in [0.05, 0.1) is 18.8 Å². The molecule has 0 aliphatic carbocycles. The van der Waals surface area contributed by atoms with Gasteiger partial charge < -0.3 is 25.2 Å². The zero-order valence-corrected chi connectivity index (χ0v) is 16.7. The summed E-state index contributed by atoms with van der Waals surface area (Å²) in [6, 6.07) is 0.476. The van der Waals surface area contributed by atoms with E-state index in [1.165, 1.54) is 0 Å². The molecule has 8 heteroatoms. The second kappa shape index (κ2) is 10.6. The number of rotatable bonds is 8. The van der Waals surface area contributed by atoms with Gasteiger partial charge in [0.25, 0.3) is 0 Å². The van der Waals surface area contributed by atoms with Crippen LogP contribution in [-0.2, 0) is 11.3 Å². The Kier molecular flexibility index (Phi) is 8.43. The molecule has 142 valence electrons. The van der Waals surface area contributed by atoms with Crippen LogP contribution in [0.15, 0.2) is 10.4 Å². The molecule has 1 aromatic heterocycles. The number of hydrogen-bond donors (Lipinski definition) is 2. The van der Waals surface area contributed by atoms with Crippen molar-refractivity contribution < 1.29 is 4.74 Å². The lowest BCUT2D eigenvalue weighted by Gasteiger charge is -2.32. The summed E-state index contributed by atoms with van der Waals surface area (Å²) >= 11 is 1.65. The Morgan fingerprint density at radius 1 is 1.44 bits per heavy atom. The predicted octanol–water partition coefficient (Wildman–Crippen LogP) is 1.38. The number of ether oxygens (including phenoxy) is 1. The molecule has 2 rings (SSSR count). The van der Waals surface area contributed by atoms with E-state index >= 15 is 0 Å². The molecule has 25 heavy (non-hydrogen) atoms. The van der Waals surface area contributed by atoms with E-state index in [1.54, 1.807) is 18.4 Å². The summed E-state index contributed by atoms with van der Waals surface area (Å²) in [7, 11) is 5.78. The van der Waals surface area contributed by atoms with E-state index in [2.05, 4.69) is 32.8 Å². The van der Waals surface area contributed by atoms with Crippen molar-refractivity contribution in [2.24, 2.45) is 4.99 Å². The van der Waals surface area contributed by atoms with Crippen molar-refractivity contribution in [2.75, 3.05) is 58.9 Å². The van der Waals surface area contributed by atoms with Crippen molar-refractivity contribution >= 4 is 22.4 Å². The van der Waals surface area contributed by atoms with Crippen LogP contribution in [0.2, 0.25) is 0 Å². The number of thiazole rings is 1. The number of piperidine rings is 1. The van der Waals surface area contributed by atoms with E-state index in [9.17, 15) is 0 Å². The number of methoxy groups -OCH3 is 1. The van der Waals surface area contributed by atoms with Crippen molar-refractivity contribution in [3.8, 4) is 0 Å². The summed E-state index contributed by atoms with van der Waals surface area (Å²) in [6.07, 6.45) is 2.27. The molecule has 0 atom stereocenters. The van der Waals surface area contributed by atoms with Crippen LogP contribution in [0.3, 0.4) is 0 Å². The molecule has 0 amide bonds. The number of nitrogens with zero attached hydrogens (tertiary/aromatic N) is 4. The van der Waals surface area contributed by atoms with Gasteiger partial charge in [-0.3, -0.25) is 0 Å². The fraction of sp³-hybridized carbons (Fsp3) is 0.765. The van der Waals surface area contributed by atoms with Gasteiger partial charge in [0.2, 0.25) is 0 Å². The summed E-state index contributed by atoms with van der Waals surface area (Å²) in [4.78, 5) is 13.8. The molecule has 1 aliphatic rings. The van der Waals surface area contributed by atoms with E-state index in [1.807, 2.05) is 19.0 Å². The van der Waals surface area contributed by atoms with Crippen LogP contribution in [0.5, 0.6) is 0 Å². The van der Waals surface area contributed by atoms with Crippen LogP contribution in [0.1, 0.15) is 25.5 Å². The standard InChI is InChI=1S/C17H32N6OS/c1-5-18-16(19-12-15-13-25-17(21-15)22(2)3)20-14-6-8-23(9-7-14)10-11-24-4/h13-14H,5-12H2,1-4H3,(H2,18,19,20). The largest absolute Gasteiger partial charge is 0.383 e. The number of likely N-dealkylation sites (tertiary alicyclic amines) is 1. The van der Waals surface area contributed by atoms with Crippen molar-refractivity contribution in [2.45, 2.75) is 32.4 Å². The van der Waals surface area contributed by atoms with Crippen LogP contribution in [-0.4, -0.2) is 75.9 Å². The molecule has 0 saturated carbocycles. The van der Waals surface area contributed by atoms with Crippen LogP contribution >= 0.6 is 11.3 Å². The minimum atomic E-state index is 0.476. The molecule has 0 radical (unpaired) electrons. The Hall–Kier alpha value is -1.38. The Bertz CT molecular complexity index is 525. The van der Waals surface area contributed by atoms with Gasteiger partial charge in [0.15, 0.2) is 11.1 Å². The highest BCUT2D eigenvalue weighted by molar-refractivity contribution is 7.13. The first-order valence-electron chi connectivity index (χ1n) is 9.00. The average molecular weight is 369 g/mol. The summed E-state index contributed by atoms with van der Waals surface area (Å²) < 4.78 is 5.16. The normalized spacial score (nSPS) is 16.9. The molecule has 2 heterocycles. The fourth-order valence-electron chi connectivity index (χ4n) is 2.77. The van der Waals surface area contributed by atoms with Crippen molar-refractivity contribution in [1.29, 1.82) is 0 Å². The topological polar surface area (TPSA) is 65.0 Å². The Labute approximate surface area is 155 Å². The maximum absolute atomic E-state index is 5.16. The number of aliphatic imine (C=N–C) groups is 1. The highest BCUT2D eigenvalue weighted by Crippen LogP contribution is 2.18. The smallest absolute Gasteiger partial charge is 0.191 e. The number of anilines is 1. The first kappa shape index (κ1) is 19.9. The van der Waals surface area contributed by atoms with Crippen molar-refractivity contribution in [3.05, 3.63) is 11.1 Å². The fourth-order valence-corrected chi connectivity index (χ4v) is 3.52. The van der Waals surface area contributed by atoms with Crippen LogP contribution < -0.4 is 15.5 Å². The van der Waals surface area contributed by atoms with Gasteiger partial charge in [0.1, 0.15) is 0 Å². The minimum absolute atomic E-state index is 0.476. The first-order valence-corrected chi connectivity index (χ1v) is 9.88. The molecule has 1 aliphatic heterocycles. The lowest BCUT2D eigenvalue weighted by Crippen LogP contribution is -2.49. The lowest BCUT2D eigenvalue weighted by atomic mass is 10.1. The zero-order chi connectivity index (χ0) is 18.1. The number of guanidine groups is 1. The number of aromatic nitrogens is 1. The zero-order valence-electron chi connectivity index (χ0n) is 15.9. The van der Waals surface area contributed by atoms with E-state index < -0.39 is 0 Å². The average Bonchev–Trinajstić information content (AvgIpc) is 3.08. The van der Waals surface area contributed by atoms with Crippen LogP contribution in [0.25, 0.3) is 0 Å². The SMILES string of the molecule is CCNC(=NCc1csc(N(C)C)n1)NC1CCN(CCOC)CC1. The van der Waals surface area contributed by atoms with Gasteiger partial charge in [-0.25, -0.2) is 9.98 Å². The summed E-state index contributed by atoms with van der Waals surface area (Å²) in [6.45, 7) is 7.61. The Morgan fingerprint density at radius 2 is 2.20 bits per heavy atom. The van der Waals surface area contributed by atoms with Gasteiger partial charge in [-0.05, 0) is 19.8 Å². The second-order valence-corrected chi connectivity index (χ2v) is 7.30. The highest BCUT2D eigenvalue weighted by Gasteiger charge is 2.19. The summed E-state index contributed by atoms with van der Waals surface area (Å²) in [5.74, 6) is 0.886.